The van der Waals surface area contributed by atoms with Crippen LogP contribution in [0.3, 0.4) is 0 Å². The van der Waals surface area contributed by atoms with Crippen LogP contribution < -0.4 is 5.32 Å². The molecule has 0 aliphatic carbocycles. The Morgan fingerprint density at radius 3 is 2.91 bits per heavy atom. The van der Waals surface area contributed by atoms with E-state index in [1.807, 2.05) is 0 Å². The van der Waals surface area contributed by atoms with E-state index in [0.29, 0.717) is 5.92 Å². The highest BCUT2D eigenvalue weighted by molar-refractivity contribution is 4.74. The lowest BCUT2D eigenvalue weighted by atomic mass is 9.97. The average molecular weight is 158 g/mol. The summed E-state index contributed by atoms with van der Waals surface area (Å²) < 4.78 is 0. The summed E-state index contributed by atoms with van der Waals surface area (Å²) in [5, 5.41) is 12.3. The molecule has 66 valence electrons. The Balaban J connectivity index is 2.33. The SMILES string of the molecule is CNC(O)C1CCCN(C)C1. The van der Waals surface area contributed by atoms with Crippen LogP contribution in [0.2, 0.25) is 0 Å². The van der Waals surface area contributed by atoms with Gasteiger partial charge in [-0.25, -0.2) is 0 Å². The number of nitrogens with zero attached hydrogens (tertiary/aromatic N) is 1. The standard InChI is InChI=1S/C8H18N2O/c1-9-8(11)7-4-3-5-10(2)6-7/h7-9,11H,3-6H2,1-2H3. The van der Waals surface area contributed by atoms with Crippen molar-refractivity contribution in [3.8, 4) is 0 Å². The van der Waals surface area contributed by atoms with Gasteiger partial charge in [-0.1, -0.05) is 0 Å². The van der Waals surface area contributed by atoms with E-state index >= 15 is 0 Å². The van der Waals surface area contributed by atoms with Crippen molar-refractivity contribution in [1.29, 1.82) is 0 Å². The van der Waals surface area contributed by atoms with Gasteiger partial charge in [-0.2, -0.15) is 0 Å². The molecule has 0 radical (unpaired) electrons. The highest BCUT2D eigenvalue weighted by atomic mass is 16.3. The minimum Gasteiger partial charge on any atom is -0.378 e. The van der Waals surface area contributed by atoms with E-state index < -0.39 is 0 Å². The molecule has 2 atom stereocenters. The molecule has 2 unspecified atom stereocenters. The van der Waals surface area contributed by atoms with Crippen LogP contribution in [0.15, 0.2) is 0 Å². The zero-order chi connectivity index (χ0) is 8.27. The minimum atomic E-state index is -0.322. The first-order valence-electron chi connectivity index (χ1n) is 4.28. The van der Waals surface area contributed by atoms with Crippen LogP contribution in [-0.2, 0) is 0 Å². The Morgan fingerprint density at radius 1 is 1.64 bits per heavy atom. The van der Waals surface area contributed by atoms with E-state index in [1.165, 1.54) is 13.0 Å². The van der Waals surface area contributed by atoms with Gasteiger partial charge in [0.25, 0.3) is 0 Å². The lowest BCUT2D eigenvalue weighted by molar-refractivity contribution is 0.0412. The second-order valence-electron chi connectivity index (χ2n) is 3.40. The highest BCUT2D eigenvalue weighted by Crippen LogP contribution is 2.16. The summed E-state index contributed by atoms with van der Waals surface area (Å²) in [6.45, 7) is 2.19. The van der Waals surface area contributed by atoms with Crippen molar-refractivity contribution >= 4 is 0 Å². The van der Waals surface area contributed by atoms with Gasteiger partial charge >= 0.3 is 0 Å². The molecule has 0 aromatic heterocycles. The average Bonchev–Trinajstić information content (AvgIpc) is 2.03. The number of hydrogen-bond acceptors (Lipinski definition) is 3. The second kappa shape index (κ2) is 4.04. The first-order valence-corrected chi connectivity index (χ1v) is 4.28. The van der Waals surface area contributed by atoms with E-state index in [9.17, 15) is 5.11 Å². The summed E-state index contributed by atoms with van der Waals surface area (Å²) in [6.07, 6.45) is 2.03. The van der Waals surface area contributed by atoms with Crippen molar-refractivity contribution in [1.82, 2.24) is 10.2 Å². The van der Waals surface area contributed by atoms with Gasteiger partial charge in [0.2, 0.25) is 0 Å². The molecule has 1 heterocycles. The molecule has 3 heteroatoms. The lowest BCUT2D eigenvalue weighted by Crippen LogP contribution is -2.43. The fourth-order valence-electron chi connectivity index (χ4n) is 1.70. The van der Waals surface area contributed by atoms with Gasteiger partial charge in [0, 0.05) is 12.5 Å². The number of aliphatic hydroxyl groups is 1. The molecule has 0 spiro atoms. The number of likely N-dealkylation sites (tertiary alicyclic amines) is 1. The molecule has 0 aromatic carbocycles. The van der Waals surface area contributed by atoms with Gasteiger partial charge in [0.05, 0.1) is 0 Å². The largest absolute Gasteiger partial charge is 0.378 e. The molecule has 11 heavy (non-hydrogen) atoms. The molecule has 2 N–H and O–H groups in total. The Labute approximate surface area is 68.4 Å². The molecule has 3 nitrogen and oxygen atoms in total. The predicted molar refractivity (Wildman–Crippen MR) is 45.3 cm³/mol. The summed E-state index contributed by atoms with van der Waals surface area (Å²) in [7, 11) is 3.91. The van der Waals surface area contributed by atoms with Crippen LogP contribution in [0, 0.1) is 5.92 Å². The van der Waals surface area contributed by atoms with Crippen molar-refractivity contribution in [2.24, 2.45) is 5.92 Å². The Kier molecular flexibility index (Phi) is 3.30. The summed E-state index contributed by atoms with van der Waals surface area (Å²) >= 11 is 0. The van der Waals surface area contributed by atoms with Crippen LogP contribution >= 0.6 is 0 Å². The van der Waals surface area contributed by atoms with Gasteiger partial charge in [-0.3, -0.25) is 5.32 Å². The van der Waals surface area contributed by atoms with Gasteiger partial charge < -0.3 is 10.0 Å². The van der Waals surface area contributed by atoms with Crippen LogP contribution in [0.4, 0.5) is 0 Å². The number of aliphatic hydroxyl groups excluding tert-OH is 1. The van der Waals surface area contributed by atoms with Crippen molar-refractivity contribution < 1.29 is 5.11 Å². The number of hydrogen-bond donors (Lipinski definition) is 2. The monoisotopic (exact) mass is 158 g/mol. The third-order valence-corrected chi connectivity index (χ3v) is 2.40. The van der Waals surface area contributed by atoms with Gasteiger partial charge in [0.1, 0.15) is 6.23 Å². The molecule has 0 amide bonds. The van der Waals surface area contributed by atoms with Crippen molar-refractivity contribution in [2.45, 2.75) is 19.1 Å². The zero-order valence-corrected chi connectivity index (χ0v) is 7.38. The highest BCUT2D eigenvalue weighted by Gasteiger charge is 2.22. The van der Waals surface area contributed by atoms with E-state index in [0.717, 1.165) is 13.0 Å². The smallest absolute Gasteiger partial charge is 0.108 e. The second-order valence-corrected chi connectivity index (χ2v) is 3.40. The van der Waals surface area contributed by atoms with E-state index in [4.69, 9.17) is 0 Å². The molecule has 0 aromatic rings. The van der Waals surface area contributed by atoms with Crippen molar-refractivity contribution in [3.63, 3.8) is 0 Å². The molecule has 1 rings (SSSR count). The third kappa shape index (κ3) is 2.43. The van der Waals surface area contributed by atoms with Gasteiger partial charge in [-0.15, -0.1) is 0 Å². The molecular formula is C8H18N2O. The summed E-state index contributed by atoms with van der Waals surface area (Å²) in [6, 6.07) is 0. The molecule has 0 saturated carbocycles. The summed E-state index contributed by atoms with van der Waals surface area (Å²) in [5.74, 6) is 0.416. The molecule has 1 fully saturated rings. The maximum atomic E-state index is 9.46. The number of nitrogens with one attached hydrogen (secondary N) is 1. The predicted octanol–water partition coefficient (Wildman–Crippen LogP) is -0.134. The van der Waals surface area contributed by atoms with E-state index in [-0.39, 0.29) is 6.23 Å². The normalized spacial score (nSPS) is 30.3. The maximum absolute atomic E-state index is 9.46. The topological polar surface area (TPSA) is 35.5 Å². The zero-order valence-electron chi connectivity index (χ0n) is 7.38. The first kappa shape index (κ1) is 8.97. The lowest BCUT2D eigenvalue weighted by Gasteiger charge is -2.32. The molecule has 1 saturated heterocycles. The molecular weight excluding hydrogens is 140 g/mol. The third-order valence-electron chi connectivity index (χ3n) is 2.40. The number of rotatable bonds is 2. The fourth-order valence-corrected chi connectivity index (χ4v) is 1.70. The molecule has 1 aliphatic heterocycles. The van der Waals surface area contributed by atoms with Crippen molar-refractivity contribution in [2.75, 3.05) is 27.2 Å². The summed E-state index contributed by atoms with van der Waals surface area (Å²) in [5.41, 5.74) is 0. The Morgan fingerprint density at radius 2 is 2.36 bits per heavy atom. The molecule has 1 aliphatic rings. The van der Waals surface area contributed by atoms with E-state index in [1.54, 1.807) is 7.05 Å². The van der Waals surface area contributed by atoms with Crippen LogP contribution in [-0.4, -0.2) is 43.4 Å². The first-order chi connectivity index (χ1) is 5.24. The van der Waals surface area contributed by atoms with Crippen molar-refractivity contribution in [3.05, 3.63) is 0 Å². The Bertz CT molecular complexity index is 119. The quantitative estimate of drug-likeness (QED) is 0.549. The van der Waals surface area contributed by atoms with Crippen LogP contribution in [0.1, 0.15) is 12.8 Å². The maximum Gasteiger partial charge on any atom is 0.108 e. The van der Waals surface area contributed by atoms with Crippen LogP contribution in [0.25, 0.3) is 0 Å². The van der Waals surface area contributed by atoms with E-state index in [2.05, 4.69) is 17.3 Å². The molecule has 0 bridgehead atoms. The fraction of sp³-hybridized carbons (Fsp3) is 1.00. The van der Waals surface area contributed by atoms with Gasteiger partial charge in [0.15, 0.2) is 0 Å². The number of piperidine rings is 1. The van der Waals surface area contributed by atoms with Crippen LogP contribution in [0.5, 0.6) is 0 Å². The Hall–Kier alpha value is -0.120. The van der Waals surface area contributed by atoms with Gasteiger partial charge in [-0.05, 0) is 33.5 Å². The summed E-state index contributed by atoms with van der Waals surface area (Å²) in [4.78, 5) is 2.27. The minimum absolute atomic E-state index is 0.322.